The van der Waals surface area contributed by atoms with Gasteiger partial charge in [0, 0.05) is 13.1 Å². The van der Waals surface area contributed by atoms with Crippen molar-refractivity contribution in [1.82, 2.24) is 4.31 Å². The zero-order valence-electron chi connectivity index (χ0n) is 7.66. The van der Waals surface area contributed by atoms with Crippen molar-refractivity contribution < 1.29 is 18.3 Å². The summed E-state index contributed by atoms with van der Waals surface area (Å²) in [4.78, 5) is 10.5. The van der Waals surface area contributed by atoms with Gasteiger partial charge < -0.3 is 5.11 Å². The number of carboxylic acid groups (broad SMARTS) is 1. The van der Waals surface area contributed by atoms with Crippen molar-refractivity contribution in [1.29, 1.82) is 0 Å². The summed E-state index contributed by atoms with van der Waals surface area (Å²) in [5.41, 5.74) is 0. The Morgan fingerprint density at radius 1 is 1.53 bits per heavy atom. The summed E-state index contributed by atoms with van der Waals surface area (Å²) in [6.45, 7) is 0.158. The van der Waals surface area contributed by atoms with E-state index >= 15 is 0 Å². The summed E-state index contributed by atoms with van der Waals surface area (Å²) in [5, 5.41) is 10.3. The van der Waals surface area contributed by atoms with Crippen LogP contribution in [0.25, 0.3) is 0 Å². The van der Waals surface area contributed by atoms with Crippen LogP contribution in [0.5, 0.6) is 0 Å². The van der Waals surface area contributed by atoms with Gasteiger partial charge in [-0.1, -0.05) is 6.07 Å². The molecule has 0 radical (unpaired) electrons. The molecule has 7 heteroatoms. The molecular weight excluding hydrogens is 238 g/mol. The van der Waals surface area contributed by atoms with Crippen LogP contribution < -0.4 is 0 Å². The number of hydrogen-bond acceptors (Lipinski definition) is 4. The van der Waals surface area contributed by atoms with Crippen molar-refractivity contribution in [3.05, 3.63) is 17.5 Å². The van der Waals surface area contributed by atoms with Gasteiger partial charge >= 0.3 is 5.97 Å². The fourth-order valence-electron chi connectivity index (χ4n) is 1.33. The van der Waals surface area contributed by atoms with Gasteiger partial charge in [-0.25, -0.2) is 8.42 Å². The first-order valence-electron chi connectivity index (χ1n) is 4.28. The molecular formula is C8H9NO4S2. The fourth-order valence-corrected chi connectivity index (χ4v) is 4.00. The number of carboxylic acids is 1. The molecule has 1 aromatic rings. The van der Waals surface area contributed by atoms with Crippen molar-refractivity contribution in [3.63, 3.8) is 0 Å². The molecule has 1 N–H and O–H groups in total. The number of thiophene rings is 1. The summed E-state index contributed by atoms with van der Waals surface area (Å²) in [6.07, 6.45) is 0. The molecule has 1 saturated heterocycles. The molecule has 0 amide bonds. The molecule has 2 rings (SSSR count). The molecule has 1 aliphatic rings. The Hall–Kier alpha value is -0.920. The minimum absolute atomic E-state index is 0.0789. The van der Waals surface area contributed by atoms with E-state index in [0.29, 0.717) is 0 Å². The highest BCUT2D eigenvalue weighted by Gasteiger charge is 2.40. The first-order chi connectivity index (χ1) is 7.01. The maximum absolute atomic E-state index is 11.8. The molecule has 0 unspecified atom stereocenters. The molecule has 2 heterocycles. The smallest absolute Gasteiger partial charge is 0.309 e. The molecule has 0 aromatic carbocycles. The van der Waals surface area contributed by atoms with Crippen LogP contribution in [0, 0.1) is 5.92 Å². The topological polar surface area (TPSA) is 74.7 Å². The van der Waals surface area contributed by atoms with Gasteiger partial charge in [-0.05, 0) is 11.4 Å². The third-order valence-electron chi connectivity index (χ3n) is 2.29. The number of nitrogens with zero attached hydrogens (tertiary/aromatic N) is 1. The predicted molar refractivity (Wildman–Crippen MR) is 54.2 cm³/mol. The van der Waals surface area contributed by atoms with E-state index in [2.05, 4.69) is 0 Å². The Balaban J connectivity index is 2.11. The maximum Gasteiger partial charge on any atom is 0.309 e. The van der Waals surface area contributed by atoms with Crippen LogP contribution in [0.4, 0.5) is 0 Å². The van der Waals surface area contributed by atoms with Gasteiger partial charge in [-0.3, -0.25) is 4.79 Å². The third-order valence-corrected chi connectivity index (χ3v) is 5.49. The van der Waals surface area contributed by atoms with Gasteiger partial charge in [0.05, 0.1) is 5.92 Å². The second kappa shape index (κ2) is 3.58. The lowest BCUT2D eigenvalue weighted by atomic mass is 10.0. The monoisotopic (exact) mass is 247 g/mol. The Morgan fingerprint density at radius 3 is 2.67 bits per heavy atom. The maximum atomic E-state index is 11.8. The molecule has 1 fully saturated rings. The van der Waals surface area contributed by atoms with E-state index in [0.717, 1.165) is 11.3 Å². The molecule has 15 heavy (non-hydrogen) atoms. The second-order valence-corrected chi connectivity index (χ2v) is 6.40. The zero-order valence-corrected chi connectivity index (χ0v) is 9.29. The van der Waals surface area contributed by atoms with E-state index < -0.39 is 21.9 Å². The van der Waals surface area contributed by atoms with E-state index in [4.69, 9.17) is 5.11 Å². The van der Waals surface area contributed by atoms with Crippen LogP contribution in [0.15, 0.2) is 21.7 Å². The van der Waals surface area contributed by atoms with E-state index in [1.54, 1.807) is 11.4 Å². The van der Waals surface area contributed by atoms with Gasteiger partial charge in [0.1, 0.15) is 4.21 Å². The molecule has 0 saturated carbocycles. The predicted octanol–water partition coefficient (Wildman–Crippen LogP) is 0.453. The molecule has 82 valence electrons. The first-order valence-corrected chi connectivity index (χ1v) is 6.60. The number of rotatable bonds is 3. The average Bonchev–Trinajstić information content (AvgIpc) is 2.50. The molecule has 0 aliphatic carbocycles. The molecule has 0 bridgehead atoms. The summed E-state index contributed by atoms with van der Waals surface area (Å²) in [6, 6.07) is 3.18. The van der Waals surface area contributed by atoms with Crippen molar-refractivity contribution >= 4 is 27.3 Å². The minimum Gasteiger partial charge on any atom is -0.481 e. The fraction of sp³-hybridized carbons (Fsp3) is 0.375. The number of hydrogen-bond donors (Lipinski definition) is 1. The minimum atomic E-state index is -3.44. The summed E-state index contributed by atoms with van der Waals surface area (Å²) in [5.74, 6) is -1.49. The quantitative estimate of drug-likeness (QED) is 0.841. The highest BCUT2D eigenvalue weighted by Crippen LogP contribution is 2.27. The highest BCUT2D eigenvalue weighted by molar-refractivity contribution is 7.91. The van der Waals surface area contributed by atoms with E-state index in [1.165, 1.54) is 10.4 Å². The van der Waals surface area contributed by atoms with Crippen molar-refractivity contribution in [2.24, 2.45) is 5.92 Å². The van der Waals surface area contributed by atoms with E-state index in [1.807, 2.05) is 0 Å². The average molecular weight is 247 g/mol. The lowest BCUT2D eigenvalue weighted by Gasteiger charge is -2.34. The highest BCUT2D eigenvalue weighted by atomic mass is 32.2. The van der Waals surface area contributed by atoms with Gasteiger partial charge in [0.25, 0.3) is 10.0 Å². The summed E-state index contributed by atoms with van der Waals surface area (Å²) >= 11 is 1.14. The van der Waals surface area contributed by atoms with Crippen molar-refractivity contribution in [3.8, 4) is 0 Å². The lowest BCUT2D eigenvalue weighted by molar-refractivity contribution is -0.145. The molecule has 0 atom stereocenters. The Labute approximate surface area is 91.0 Å². The number of carbonyl (C=O) groups is 1. The van der Waals surface area contributed by atoms with Crippen LogP contribution in [0.2, 0.25) is 0 Å². The summed E-state index contributed by atoms with van der Waals surface area (Å²) in [7, 11) is -3.44. The normalized spacial score (nSPS) is 18.7. The first kappa shape index (κ1) is 10.6. The Bertz CT molecular complexity index is 459. The van der Waals surface area contributed by atoms with Crippen LogP contribution in [-0.2, 0) is 14.8 Å². The van der Waals surface area contributed by atoms with Crippen LogP contribution in [0.1, 0.15) is 0 Å². The largest absolute Gasteiger partial charge is 0.481 e. The third kappa shape index (κ3) is 1.77. The Morgan fingerprint density at radius 2 is 2.20 bits per heavy atom. The van der Waals surface area contributed by atoms with Gasteiger partial charge in [-0.2, -0.15) is 4.31 Å². The van der Waals surface area contributed by atoms with Crippen LogP contribution >= 0.6 is 11.3 Å². The molecule has 5 nitrogen and oxygen atoms in total. The molecule has 1 aromatic heterocycles. The van der Waals surface area contributed by atoms with E-state index in [-0.39, 0.29) is 17.3 Å². The number of sulfonamides is 1. The van der Waals surface area contributed by atoms with Crippen LogP contribution in [0.3, 0.4) is 0 Å². The molecule has 0 spiro atoms. The SMILES string of the molecule is O=C(O)C1CN(S(=O)(=O)c2cccs2)C1. The number of aliphatic carboxylic acids is 1. The lowest BCUT2D eigenvalue weighted by Crippen LogP contribution is -2.52. The van der Waals surface area contributed by atoms with Gasteiger partial charge in [0.15, 0.2) is 0 Å². The second-order valence-electron chi connectivity index (χ2n) is 3.29. The van der Waals surface area contributed by atoms with Crippen LogP contribution in [-0.4, -0.2) is 36.9 Å². The summed E-state index contributed by atoms with van der Waals surface area (Å²) < 4.78 is 25.0. The molecule has 1 aliphatic heterocycles. The van der Waals surface area contributed by atoms with Gasteiger partial charge in [-0.15, -0.1) is 11.3 Å². The van der Waals surface area contributed by atoms with E-state index in [9.17, 15) is 13.2 Å². The zero-order chi connectivity index (χ0) is 11.1. The Kier molecular flexibility index (Phi) is 2.53. The van der Waals surface area contributed by atoms with Crippen molar-refractivity contribution in [2.75, 3.05) is 13.1 Å². The standard InChI is InChI=1S/C8H9NO4S2/c10-8(11)6-4-9(5-6)15(12,13)7-2-1-3-14-7/h1-3,6H,4-5H2,(H,10,11). The van der Waals surface area contributed by atoms with Gasteiger partial charge in [0.2, 0.25) is 0 Å². The van der Waals surface area contributed by atoms with Crippen molar-refractivity contribution in [2.45, 2.75) is 4.21 Å².